The van der Waals surface area contributed by atoms with Crippen molar-refractivity contribution in [2.45, 2.75) is 13.3 Å². The van der Waals surface area contributed by atoms with Crippen molar-refractivity contribution < 1.29 is 9.21 Å². The molecule has 1 amide bonds. The van der Waals surface area contributed by atoms with E-state index in [2.05, 4.69) is 16.9 Å². The molecule has 0 radical (unpaired) electrons. The molecule has 0 aliphatic rings. The van der Waals surface area contributed by atoms with Crippen LogP contribution in [0.3, 0.4) is 0 Å². The zero-order valence-corrected chi connectivity index (χ0v) is 9.69. The van der Waals surface area contributed by atoms with Gasteiger partial charge in [0.1, 0.15) is 5.52 Å². The summed E-state index contributed by atoms with van der Waals surface area (Å²) >= 11 is 0. The van der Waals surface area contributed by atoms with Crippen LogP contribution in [0, 0.1) is 6.92 Å². The molecule has 0 aliphatic heterocycles. The lowest BCUT2D eigenvalue weighted by Gasteiger charge is -2.02. The minimum Gasteiger partial charge on any atom is -0.441 e. The second kappa shape index (κ2) is 4.82. The second-order valence-electron chi connectivity index (χ2n) is 3.74. The number of hydrogen-bond donors (Lipinski definition) is 1. The number of carbonyl (C=O) groups excluding carboxylic acids is 1. The van der Waals surface area contributed by atoms with Gasteiger partial charge in [-0.3, -0.25) is 4.79 Å². The highest BCUT2D eigenvalue weighted by Crippen LogP contribution is 2.19. The summed E-state index contributed by atoms with van der Waals surface area (Å²) < 4.78 is 5.44. The van der Waals surface area contributed by atoms with Crippen molar-refractivity contribution in [3.05, 3.63) is 42.3 Å². The van der Waals surface area contributed by atoms with Gasteiger partial charge in [-0.15, -0.1) is 0 Å². The van der Waals surface area contributed by atoms with Gasteiger partial charge in [0.25, 0.3) is 0 Å². The molecule has 1 aromatic carbocycles. The molecule has 0 atom stereocenters. The molecular weight excluding hydrogens is 216 g/mol. The number of hydrogen-bond acceptors (Lipinski definition) is 3. The quantitative estimate of drug-likeness (QED) is 0.817. The van der Waals surface area contributed by atoms with E-state index in [4.69, 9.17) is 4.42 Å². The molecule has 1 N–H and O–H groups in total. The lowest BCUT2D eigenvalue weighted by Crippen LogP contribution is -2.23. The summed E-state index contributed by atoms with van der Waals surface area (Å²) in [6, 6.07) is 5.81. The fourth-order valence-corrected chi connectivity index (χ4v) is 1.71. The smallest absolute Gasteiger partial charge is 0.243 e. The Bertz CT molecular complexity index is 558. The first kappa shape index (κ1) is 11.4. The normalized spacial score (nSPS) is 10.4. The van der Waals surface area contributed by atoms with Gasteiger partial charge in [-0.2, -0.15) is 0 Å². The van der Waals surface area contributed by atoms with Crippen LogP contribution in [-0.4, -0.2) is 17.4 Å². The molecule has 0 spiro atoms. The van der Waals surface area contributed by atoms with Crippen LogP contribution in [0.4, 0.5) is 0 Å². The number of benzene rings is 1. The maximum Gasteiger partial charge on any atom is 0.243 e. The van der Waals surface area contributed by atoms with Crippen molar-refractivity contribution in [2.24, 2.45) is 0 Å². The van der Waals surface area contributed by atoms with E-state index < -0.39 is 0 Å². The molecule has 17 heavy (non-hydrogen) atoms. The third kappa shape index (κ3) is 2.53. The topological polar surface area (TPSA) is 55.1 Å². The first-order chi connectivity index (χ1) is 8.20. The molecule has 0 bridgehead atoms. The van der Waals surface area contributed by atoms with Gasteiger partial charge in [0.15, 0.2) is 11.5 Å². The Morgan fingerprint density at radius 3 is 3.18 bits per heavy atom. The third-order valence-corrected chi connectivity index (χ3v) is 2.49. The standard InChI is InChI=1S/C13H14N2O2/c1-3-12(16)14-8-7-10-5-4-6-11-13(10)15-9(2)17-11/h3-6H,1,7-8H2,2H3,(H,14,16). The maximum atomic E-state index is 11.0. The van der Waals surface area contributed by atoms with Crippen LogP contribution < -0.4 is 5.32 Å². The van der Waals surface area contributed by atoms with E-state index in [1.807, 2.05) is 25.1 Å². The predicted octanol–water partition coefficient (Wildman–Crippen LogP) is 1.98. The van der Waals surface area contributed by atoms with Crippen molar-refractivity contribution in [2.75, 3.05) is 6.54 Å². The molecular formula is C13H14N2O2. The van der Waals surface area contributed by atoms with Crippen LogP contribution in [0.15, 0.2) is 35.3 Å². The number of nitrogens with one attached hydrogen (secondary N) is 1. The highest BCUT2D eigenvalue weighted by molar-refractivity contribution is 5.86. The second-order valence-corrected chi connectivity index (χ2v) is 3.74. The molecule has 88 valence electrons. The van der Waals surface area contributed by atoms with Gasteiger partial charge in [0.05, 0.1) is 0 Å². The minimum atomic E-state index is -0.159. The summed E-state index contributed by atoms with van der Waals surface area (Å²) in [6.45, 7) is 5.79. The molecule has 1 aromatic heterocycles. The number of fused-ring (bicyclic) bond motifs is 1. The van der Waals surface area contributed by atoms with Gasteiger partial charge in [0.2, 0.25) is 5.91 Å². The average molecular weight is 230 g/mol. The number of aryl methyl sites for hydroxylation is 1. The molecule has 4 nitrogen and oxygen atoms in total. The van der Waals surface area contributed by atoms with E-state index >= 15 is 0 Å². The molecule has 2 rings (SSSR count). The maximum absolute atomic E-state index is 11.0. The van der Waals surface area contributed by atoms with E-state index in [9.17, 15) is 4.79 Å². The van der Waals surface area contributed by atoms with E-state index in [0.29, 0.717) is 12.4 Å². The Morgan fingerprint density at radius 1 is 1.59 bits per heavy atom. The van der Waals surface area contributed by atoms with Crippen LogP contribution in [0.2, 0.25) is 0 Å². The van der Waals surface area contributed by atoms with E-state index in [1.165, 1.54) is 6.08 Å². The van der Waals surface area contributed by atoms with Crippen LogP contribution in [0.5, 0.6) is 0 Å². The number of rotatable bonds is 4. The van der Waals surface area contributed by atoms with Crippen LogP contribution in [0.25, 0.3) is 11.1 Å². The SMILES string of the molecule is C=CC(=O)NCCc1cccc2oc(C)nc12. The van der Waals surface area contributed by atoms with Gasteiger partial charge in [-0.25, -0.2) is 4.98 Å². The Hall–Kier alpha value is -2.10. The number of carbonyl (C=O) groups is 1. The van der Waals surface area contributed by atoms with E-state index in [1.54, 1.807) is 0 Å². The highest BCUT2D eigenvalue weighted by atomic mass is 16.3. The highest BCUT2D eigenvalue weighted by Gasteiger charge is 2.06. The van der Waals surface area contributed by atoms with Crippen LogP contribution >= 0.6 is 0 Å². The first-order valence-corrected chi connectivity index (χ1v) is 5.46. The minimum absolute atomic E-state index is 0.159. The predicted molar refractivity (Wildman–Crippen MR) is 65.7 cm³/mol. The van der Waals surface area contributed by atoms with E-state index in [0.717, 1.165) is 23.1 Å². The van der Waals surface area contributed by atoms with Crippen molar-refractivity contribution in [3.8, 4) is 0 Å². The van der Waals surface area contributed by atoms with Crippen molar-refractivity contribution in [3.63, 3.8) is 0 Å². The monoisotopic (exact) mass is 230 g/mol. The van der Waals surface area contributed by atoms with E-state index in [-0.39, 0.29) is 5.91 Å². The number of nitrogens with zero attached hydrogens (tertiary/aromatic N) is 1. The third-order valence-electron chi connectivity index (χ3n) is 2.49. The molecule has 0 saturated carbocycles. The average Bonchev–Trinajstić information content (AvgIpc) is 2.70. The fraction of sp³-hybridized carbons (Fsp3) is 0.231. The van der Waals surface area contributed by atoms with Gasteiger partial charge < -0.3 is 9.73 Å². The zero-order chi connectivity index (χ0) is 12.3. The number of para-hydroxylation sites is 1. The molecule has 1 heterocycles. The summed E-state index contributed by atoms with van der Waals surface area (Å²) in [6.07, 6.45) is 1.99. The Kier molecular flexibility index (Phi) is 3.23. The molecule has 0 saturated heterocycles. The number of oxazole rings is 1. The number of amides is 1. The summed E-state index contributed by atoms with van der Waals surface area (Å²) in [5.41, 5.74) is 2.73. The molecule has 2 aromatic rings. The molecule has 4 heteroatoms. The molecule has 0 fully saturated rings. The van der Waals surface area contributed by atoms with Gasteiger partial charge in [-0.05, 0) is 24.1 Å². The fourth-order valence-electron chi connectivity index (χ4n) is 1.71. The van der Waals surface area contributed by atoms with Crippen molar-refractivity contribution in [1.29, 1.82) is 0 Å². The Labute approximate surface area is 99.3 Å². The van der Waals surface area contributed by atoms with Crippen molar-refractivity contribution >= 4 is 17.0 Å². The Morgan fingerprint density at radius 2 is 2.41 bits per heavy atom. The lowest BCUT2D eigenvalue weighted by molar-refractivity contribution is -0.116. The van der Waals surface area contributed by atoms with Crippen LogP contribution in [-0.2, 0) is 11.2 Å². The zero-order valence-electron chi connectivity index (χ0n) is 9.69. The van der Waals surface area contributed by atoms with Gasteiger partial charge in [-0.1, -0.05) is 18.7 Å². The van der Waals surface area contributed by atoms with Gasteiger partial charge in [0, 0.05) is 13.5 Å². The van der Waals surface area contributed by atoms with Crippen LogP contribution in [0.1, 0.15) is 11.5 Å². The summed E-state index contributed by atoms with van der Waals surface area (Å²) in [5, 5.41) is 2.74. The Balaban J connectivity index is 2.13. The lowest BCUT2D eigenvalue weighted by atomic mass is 10.1. The van der Waals surface area contributed by atoms with Crippen molar-refractivity contribution in [1.82, 2.24) is 10.3 Å². The number of aromatic nitrogens is 1. The first-order valence-electron chi connectivity index (χ1n) is 5.46. The largest absolute Gasteiger partial charge is 0.441 e. The summed E-state index contributed by atoms with van der Waals surface area (Å²) in [5.74, 6) is 0.496. The molecule has 0 aliphatic carbocycles. The summed E-state index contributed by atoms with van der Waals surface area (Å²) in [7, 11) is 0. The van der Waals surface area contributed by atoms with Gasteiger partial charge >= 0.3 is 0 Å². The molecule has 0 unspecified atom stereocenters. The summed E-state index contributed by atoms with van der Waals surface area (Å²) in [4.78, 5) is 15.3.